The molecule has 1 saturated heterocycles. The molecule has 1 N–H and O–H groups in total. The van der Waals surface area contributed by atoms with E-state index in [-0.39, 0.29) is 5.91 Å². The van der Waals surface area contributed by atoms with E-state index >= 15 is 0 Å². The van der Waals surface area contributed by atoms with Crippen LogP contribution in [0.5, 0.6) is 5.75 Å². The maximum absolute atomic E-state index is 12.2. The number of rotatable bonds is 5. The lowest BCUT2D eigenvalue weighted by Crippen LogP contribution is -2.36. The molecule has 0 bridgehead atoms. The molecule has 2 aromatic rings. The van der Waals surface area contributed by atoms with Crippen LogP contribution in [0.15, 0.2) is 54.6 Å². The summed E-state index contributed by atoms with van der Waals surface area (Å²) in [6.07, 6.45) is -0.564. The van der Waals surface area contributed by atoms with Crippen molar-refractivity contribution in [3.8, 4) is 5.75 Å². The zero-order valence-corrected chi connectivity index (χ0v) is 13.8. The van der Waals surface area contributed by atoms with Crippen molar-refractivity contribution in [3.05, 3.63) is 54.6 Å². The normalized spacial score (nSPS) is 15.6. The third kappa shape index (κ3) is 4.26. The molecule has 3 rings (SSSR count). The van der Waals surface area contributed by atoms with Gasteiger partial charge >= 0.3 is 0 Å². The molecule has 1 heterocycles. The highest BCUT2D eigenvalue weighted by molar-refractivity contribution is 5.94. The van der Waals surface area contributed by atoms with Crippen LogP contribution >= 0.6 is 0 Å². The van der Waals surface area contributed by atoms with Gasteiger partial charge in [0.15, 0.2) is 6.10 Å². The quantitative estimate of drug-likeness (QED) is 0.918. The lowest BCUT2D eigenvalue weighted by molar-refractivity contribution is -0.122. The van der Waals surface area contributed by atoms with Crippen LogP contribution in [0.4, 0.5) is 11.4 Å². The van der Waals surface area contributed by atoms with E-state index in [2.05, 4.69) is 10.2 Å². The Hall–Kier alpha value is -2.53. The third-order valence-electron chi connectivity index (χ3n) is 3.94. The molecule has 5 nitrogen and oxygen atoms in total. The molecule has 1 unspecified atom stereocenters. The molecule has 24 heavy (non-hydrogen) atoms. The summed E-state index contributed by atoms with van der Waals surface area (Å²) < 4.78 is 11.0. The van der Waals surface area contributed by atoms with Gasteiger partial charge in [-0.05, 0) is 43.3 Å². The van der Waals surface area contributed by atoms with Gasteiger partial charge in [-0.25, -0.2) is 0 Å². The van der Waals surface area contributed by atoms with Gasteiger partial charge in [0.25, 0.3) is 5.91 Å². The molecular weight excluding hydrogens is 304 g/mol. The van der Waals surface area contributed by atoms with Crippen LogP contribution in [0.25, 0.3) is 0 Å². The lowest BCUT2D eigenvalue weighted by atomic mass is 10.2. The second-order valence-electron chi connectivity index (χ2n) is 5.71. The summed E-state index contributed by atoms with van der Waals surface area (Å²) in [5.41, 5.74) is 1.91. The van der Waals surface area contributed by atoms with Crippen LogP contribution in [-0.2, 0) is 9.53 Å². The van der Waals surface area contributed by atoms with E-state index in [9.17, 15) is 4.79 Å². The minimum Gasteiger partial charge on any atom is -0.481 e. The topological polar surface area (TPSA) is 50.8 Å². The summed E-state index contributed by atoms with van der Waals surface area (Å²) in [4.78, 5) is 14.5. The number of para-hydroxylation sites is 1. The van der Waals surface area contributed by atoms with E-state index in [1.807, 2.05) is 54.6 Å². The molecular formula is C19H22N2O3. The number of carbonyl (C=O) groups is 1. The number of hydrogen-bond donors (Lipinski definition) is 1. The predicted octanol–water partition coefficient (Wildman–Crippen LogP) is 2.93. The van der Waals surface area contributed by atoms with Gasteiger partial charge in [0, 0.05) is 24.5 Å². The average Bonchev–Trinajstić information content (AvgIpc) is 2.64. The van der Waals surface area contributed by atoms with Crippen molar-refractivity contribution in [3.63, 3.8) is 0 Å². The van der Waals surface area contributed by atoms with Gasteiger partial charge in [-0.15, -0.1) is 0 Å². The number of nitrogens with zero attached hydrogens (tertiary/aromatic N) is 1. The molecule has 0 aliphatic carbocycles. The molecule has 1 amide bonds. The van der Waals surface area contributed by atoms with Crippen LogP contribution in [-0.4, -0.2) is 38.3 Å². The average molecular weight is 326 g/mol. The van der Waals surface area contributed by atoms with Crippen LogP contribution in [0, 0.1) is 0 Å². The Morgan fingerprint density at radius 3 is 2.42 bits per heavy atom. The van der Waals surface area contributed by atoms with Gasteiger partial charge in [-0.3, -0.25) is 4.79 Å². The maximum atomic E-state index is 12.2. The predicted molar refractivity (Wildman–Crippen MR) is 94.6 cm³/mol. The smallest absolute Gasteiger partial charge is 0.265 e. The number of ether oxygens (including phenoxy) is 2. The van der Waals surface area contributed by atoms with Gasteiger partial charge in [0.05, 0.1) is 13.2 Å². The molecule has 1 aliphatic heterocycles. The summed E-state index contributed by atoms with van der Waals surface area (Å²) in [5.74, 6) is 0.515. The summed E-state index contributed by atoms with van der Waals surface area (Å²) in [7, 11) is 0. The number of benzene rings is 2. The highest BCUT2D eigenvalue weighted by Gasteiger charge is 2.15. The first-order valence-corrected chi connectivity index (χ1v) is 8.18. The highest BCUT2D eigenvalue weighted by atomic mass is 16.5. The molecule has 2 aromatic carbocycles. The SMILES string of the molecule is CC(Oc1ccccc1)C(=O)Nc1ccc(N2CCOCC2)cc1. The first-order chi connectivity index (χ1) is 11.7. The van der Waals surface area contributed by atoms with Gasteiger partial charge < -0.3 is 19.7 Å². The van der Waals surface area contributed by atoms with Crippen molar-refractivity contribution >= 4 is 17.3 Å². The largest absolute Gasteiger partial charge is 0.481 e. The standard InChI is InChI=1S/C19H22N2O3/c1-15(24-18-5-3-2-4-6-18)19(22)20-16-7-9-17(10-8-16)21-11-13-23-14-12-21/h2-10,15H,11-14H2,1H3,(H,20,22). The molecule has 0 aromatic heterocycles. The zero-order valence-electron chi connectivity index (χ0n) is 13.8. The third-order valence-corrected chi connectivity index (χ3v) is 3.94. The highest BCUT2D eigenvalue weighted by Crippen LogP contribution is 2.19. The Morgan fingerprint density at radius 2 is 1.75 bits per heavy atom. The second-order valence-corrected chi connectivity index (χ2v) is 5.71. The summed E-state index contributed by atoms with van der Waals surface area (Å²) in [6, 6.07) is 17.2. The van der Waals surface area contributed by atoms with Crippen LogP contribution in [0.1, 0.15) is 6.92 Å². The van der Waals surface area contributed by atoms with E-state index in [0.29, 0.717) is 5.75 Å². The Bertz CT molecular complexity index is 652. The monoisotopic (exact) mass is 326 g/mol. The number of amides is 1. The Balaban J connectivity index is 1.55. The van der Waals surface area contributed by atoms with E-state index < -0.39 is 6.10 Å². The molecule has 0 spiro atoms. The number of morpholine rings is 1. The number of nitrogens with one attached hydrogen (secondary N) is 1. The first kappa shape index (κ1) is 16.3. The second kappa shape index (κ2) is 7.84. The van der Waals surface area contributed by atoms with Gasteiger partial charge in [-0.2, -0.15) is 0 Å². The van der Waals surface area contributed by atoms with Crippen molar-refractivity contribution in [1.82, 2.24) is 0 Å². The minimum absolute atomic E-state index is 0.169. The number of hydrogen-bond acceptors (Lipinski definition) is 4. The minimum atomic E-state index is -0.564. The van der Waals surface area contributed by atoms with E-state index in [1.165, 1.54) is 0 Å². The van der Waals surface area contributed by atoms with Crippen molar-refractivity contribution in [1.29, 1.82) is 0 Å². The Morgan fingerprint density at radius 1 is 1.08 bits per heavy atom. The molecule has 1 fully saturated rings. The van der Waals surface area contributed by atoms with Gasteiger partial charge in [-0.1, -0.05) is 18.2 Å². The molecule has 0 radical (unpaired) electrons. The Kier molecular flexibility index (Phi) is 5.33. The molecule has 126 valence electrons. The number of carbonyl (C=O) groups excluding carboxylic acids is 1. The zero-order chi connectivity index (χ0) is 16.8. The summed E-state index contributed by atoms with van der Waals surface area (Å²) in [5, 5.41) is 2.88. The van der Waals surface area contributed by atoms with Crippen molar-refractivity contribution in [2.45, 2.75) is 13.0 Å². The summed E-state index contributed by atoms with van der Waals surface area (Å²) >= 11 is 0. The summed E-state index contributed by atoms with van der Waals surface area (Å²) in [6.45, 7) is 5.05. The molecule has 5 heteroatoms. The van der Waals surface area contributed by atoms with Crippen molar-refractivity contribution in [2.24, 2.45) is 0 Å². The van der Waals surface area contributed by atoms with Crippen molar-refractivity contribution < 1.29 is 14.3 Å². The van der Waals surface area contributed by atoms with Crippen LogP contribution in [0.2, 0.25) is 0 Å². The maximum Gasteiger partial charge on any atom is 0.265 e. The van der Waals surface area contributed by atoms with E-state index in [4.69, 9.17) is 9.47 Å². The fourth-order valence-electron chi connectivity index (χ4n) is 2.58. The van der Waals surface area contributed by atoms with E-state index in [0.717, 1.165) is 37.7 Å². The molecule has 1 atom stereocenters. The van der Waals surface area contributed by atoms with E-state index in [1.54, 1.807) is 6.92 Å². The lowest BCUT2D eigenvalue weighted by Gasteiger charge is -2.29. The Labute approximate surface area is 142 Å². The van der Waals surface area contributed by atoms with Gasteiger partial charge in [0.2, 0.25) is 0 Å². The van der Waals surface area contributed by atoms with Crippen LogP contribution < -0.4 is 15.0 Å². The fraction of sp³-hybridized carbons (Fsp3) is 0.316. The van der Waals surface area contributed by atoms with Crippen LogP contribution in [0.3, 0.4) is 0 Å². The molecule has 1 aliphatic rings. The number of anilines is 2. The first-order valence-electron chi connectivity index (χ1n) is 8.18. The molecule has 0 saturated carbocycles. The fourth-order valence-corrected chi connectivity index (χ4v) is 2.58. The van der Waals surface area contributed by atoms with Crippen molar-refractivity contribution in [2.75, 3.05) is 36.5 Å². The van der Waals surface area contributed by atoms with Gasteiger partial charge in [0.1, 0.15) is 5.75 Å².